The number of nitrogens with zero attached hydrogens (tertiary/aromatic N) is 1. The van der Waals surface area contributed by atoms with Crippen LogP contribution in [-0.2, 0) is 0 Å². The molecule has 4 heteroatoms. The molecule has 9 heavy (non-hydrogen) atoms. The van der Waals surface area contributed by atoms with Crippen molar-refractivity contribution in [3.8, 4) is 0 Å². The third kappa shape index (κ3) is 1.49. The van der Waals surface area contributed by atoms with Gasteiger partial charge in [-0.15, -0.1) is 0 Å². The van der Waals surface area contributed by atoms with Gasteiger partial charge < -0.3 is 0 Å². The lowest BCUT2D eigenvalue weighted by Gasteiger charge is -1.90. The lowest BCUT2D eigenvalue weighted by atomic mass is 9.98. The van der Waals surface area contributed by atoms with Gasteiger partial charge in [-0.25, -0.2) is 0 Å². The zero-order valence-electron chi connectivity index (χ0n) is 4.44. The summed E-state index contributed by atoms with van der Waals surface area (Å²) in [6, 6.07) is 1.90. The Labute approximate surface area is 52.1 Å². The van der Waals surface area contributed by atoms with Crippen LogP contribution in [-0.4, -0.2) is 12.8 Å². The van der Waals surface area contributed by atoms with E-state index in [0.717, 1.165) is 12.1 Å². The van der Waals surface area contributed by atoms with Gasteiger partial charge in [-0.3, -0.25) is 0 Å². The molecule has 1 aromatic rings. The molecule has 2 radical (unpaired) electrons. The molecule has 0 saturated carbocycles. The molecule has 0 spiro atoms. The van der Waals surface area contributed by atoms with Gasteiger partial charge in [0.1, 0.15) is 7.85 Å². The van der Waals surface area contributed by atoms with Gasteiger partial charge in [-0.1, -0.05) is 5.46 Å². The molecule has 0 aliphatic carbocycles. The van der Waals surface area contributed by atoms with E-state index in [1.165, 1.54) is 0 Å². The molecule has 0 unspecified atom stereocenters. The van der Waals surface area contributed by atoms with Crippen molar-refractivity contribution in [2.24, 2.45) is 0 Å². The summed E-state index contributed by atoms with van der Waals surface area (Å²) in [5.41, 5.74) is 0.0417. The average molecular weight is 125 g/mol. The third-order valence-electron chi connectivity index (χ3n) is 0.785. The zero-order valence-corrected chi connectivity index (χ0v) is 4.44. The summed E-state index contributed by atoms with van der Waals surface area (Å²) in [5, 5.41) is 0. The molecular formula is C5H2BF2N. The van der Waals surface area contributed by atoms with E-state index >= 15 is 0 Å². The second-order valence-electron chi connectivity index (χ2n) is 1.55. The minimum Gasteiger partial charge on any atom is -0.191 e. The van der Waals surface area contributed by atoms with Gasteiger partial charge in [0.2, 0.25) is 11.9 Å². The third-order valence-corrected chi connectivity index (χ3v) is 0.785. The Kier molecular flexibility index (Phi) is 1.47. The average Bonchev–Trinajstić information content (AvgIpc) is 1.59. The molecule has 0 aliphatic heterocycles. The van der Waals surface area contributed by atoms with Gasteiger partial charge in [-0.2, -0.15) is 13.8 Å². The van der Waals surface area contributed by atoms with Crippen molar-refractivity contribution < 1.29 is 8.78 Å². The molecular weight excluding hydrogens is 123 g/mol. The highest BCUT2D eigenvalue weighted by molar-refractivity contribution is 6.32. The number of pyridine rings is 1. The Morgan fingerprint density at radius 2 is 1.67 bits per heavy atom. The number of aromatic nitrogens is 1. The first kappa shape index (κ1) is 6.20. The lowest BCUT2D eigenvalue weighted by molar-refractivity contribution is 0.514. The van der Waals surface area contributed by atoms with Crippen LogP contribution in [0.1, 0.15) is 0 Å². The monoisotopic (exact) mass is 125 g/mol. The van der Waals surface area contributed by atoms with Crippen LogP contribution in [0.4, 0.5) is 8.78 Å². The van der Waals surface area contributed by atoms with Crippen molar-refractivity contribution in [2.75, 3.05) is 0 Å². The van der Waals surface area contributed by atoms with E-state index in [9.17, 15) is 8.78 Å². The molecule has 1 rings (SSSR count). The maximum absolute atomic E-state index is 12.0. The van der Waals surface area contributed by atoms with Crippen molar-refractivity contribution in [2.45, 2.75) is 0 Å². The Morgan fingerprint density at radius 3 is 2.00 bits per heavy atom. The Balaban J connectivity index is 3.17. The summed E-state index contributed by atoms with van der Waals surface area (Å²) in [4.78, 5) is 2.82. The number of halogens is 2. The van der Waals surface area contributed by atoms with Crippen molar-refractivity contribution >= 4 is 13.3 Å². The topological polar surface area (TPSA) is 12.9 Å². The lowest BCUT2D eigenvalue weighted by Crippen LogP contribution is -2.05. The first-order valence-electron chi connectivity index (χ1n) is 2.27. The summed E-state index contributed by atoms with van der Waals surface area (Å²) in [7, 11) is 5.04. The van der Waals surface area contributed by atoms with Crippen LogP contribution in [0, 0.1) is 11.9 Å². The van der Waals surface area contributed by atoms with Crippen molar-refractivity contribution in [3.05, 3.63) is 24.0 Å². The molecule has 0 atom stereocenters. The fraction of sp³-hybridized carbons (Fsp3) is 0. The molecule has 0 fully saturated rings. The van der Waals surface area contributed by atoms with Gasteiger partial charge in [0.25, 0.3) is 0 Å². The Bertz CT molecular complexity index is 176. The summed E-state index contributed by atoms with van der Waals surface area (Å²) in [6.07, 6.45) is 0. The minimum absolute atomic E-state index is 0.0417. The molecule has 1 heterocycles. The van der Waals surface area contributed by atoms with Crippen LogP contribution in [0.3, 0.4) is 0 Å². The first-order valence-corrected chi connectivity index (χ1v) is 2.27. The standard InChI is InChI=1S/C5H2BF2N/c6-3-1-4(7)9-5(8)2-3/h1-2H. The molecule has 0 saturated heterocycles. The van der Waals surface area contributed by atoms with Crippen molar-refractivity contribution in [3.63, 3.8) is 0 Å². The summed E-state index contributed by atoms with van der Waals surface area (Å²) in [6.45, 7) is 0. The number of hydrogen-bond donors (Lipinski definition) is 0. The largest absolute Gasteiger partial charge is 0.214 e. The quantitative estimate of drug-likeness (QED) is 0.355. The first-order chi connectivity index (χ1) is 4.18. The van der Waals surface area contributed by atoms with Crippen LogP contribution in [0.2, 0.25) is 0 Å². The molecule has 0 amide bonds. The van der Waals surface area contributed by atoms with Crippen LogP contribution in [0.15, 0.2) is 12.1 Å². The second-order valence-corrected chi connectivity index (χ2v) is 1.55. The van der Waals surface area contributed by atoms with E-state index < -0.39 is 11.9 Å². The second kappa shape index (κ2) is 2.13. The predicted octanol–water partition coefficient (Wildman–Crippen LogP) is 0.154. The highest BCUT2D eigenvalue weighted by Crippen LogP contribution is 1.90. The van der Waals surface area contributed by atoms with Crippen molar-refractivity contribution in [1.29, 1.82) is 0 Å². The molecule has 44 valence electrons. The Morgan fingerprint density at radius 1 is 1.22 bits per heavy atom. The van der Waals surface area contributed by atoms with E-state index in [0.29, 0.717) is 0 Å². The van der Waals surface area contributed by atoms with E-state index in [4.69, 9.17) is 7.85 Å². The normalized spacial score (nSPS) is 9.56. The summed E-state index contributed by atoms with van der Waals surface area (Å²) >= 11 is 0. The number of hydrogen-bond acceptors (Lipinski definition) is 1. The SMILES string of the molecule is [B]c1cc(F)nc(F)c1. The highest BCUT2D eigenvalue weighted by atomic mass is 19.1. The Hall–Kier alpha value is -0.925. The van der Waals surface area contributed by atoms with Crippen LogP contribution in [0.5, 0.6) is 0 Å². The maximum Gasteiger partial charge on any atom is 0.214 e. The van der Waals surface area contributed by atoms with E-state index in [1.807, 2.05) is 0 Å². The molecule has 0 N–H and O–H groups in total. The molecule has 0 aliphatic rings. The zero-order chi connectivity index (χ0) is 6.85. The highest BCUT2D eigenvalue weighted by Gasteiger charge is 1.95. The van der Waals surface area contributed by atoms with Crippen LogP contribution < -0.4 is 5.46 Å². The van der Waals surface area contributed by atoms with Gasteiger partial charge in [0.15, 0.2) is 0 Å². The molecule has 0 aromatic carbocycles. The molecule has 1 aromatic heterocycles. The fourth-order valence-corrected chi connectivity index (χ4v) is 0.483. The van der Waals surface area contributed by atoms with Crippen LogP contribution >= 0.6 is 0 Å². The van der Waals surface area contributed by atoms with Gasteiger partial charge in [-0.05, 0) is 12.1 Å². The van der Waals surface area contributed by atoms with E-state index in [1.54, 1.807) is 0 Å². The minimum atomic E-state index is -0.896. The number of rotatable bonds is 0. The van der Waals surface area contributed by atoms with E-state index in [-0.39, 0.29) is 5.46 Å². The summed E-state index contributed by atoms with van der Waals surface area (Å²) in [5.74, 6) is -1.79. The van der Waals surface area contributed by atoms with Gasteiger partial charge >= 0.3 is 0 Å². The smallest absolute Gasteiger partial charge is 0.191 e. The fourth-order valence-electron chi connectivity index (χ4n) is 0.483. The van der Waals surface area contributed by atoms with Crippen molar-refractivity contribution in [1.82, 2.24) is 4.98 Å². The van der Waals surface area contributed by atoms with Gasteiger partial charge in [0.05, 0.1) is 0 Å². The summed E-state index contributed by atoms with van der Waals surface area (Å²) < 4.78 is 24.0. The van der Waals surface area contributed by atoms with E-state index in [2.05, 4.69) is 4.98 Å². The molecule has 0 bridgehead atoms. The van der Waals surface area contributed by atoms with Crippen LogP contribution in [0.25, 0.3) is 0 Å². The predicted molar refractivity (Wildman–Crippen MR) is 29.5 cm³/mol. The van der Waals surface area contributed by atoms with Gasteiger partial charge in [0, 0.05) is 0 Å². The molecule has 1 nitrogen and oxygen atoms in total. The maximum atomic E-state index is 12.0.